The fourth-order valence-corrected chi connectivity index (χ4v) is 2.40. The number of nitrogens with one attached hydrogen (secondary N) is 1. The maximum atomic E-state index is 11.8. The molecule has 6 heteroatoms. The number of amides is 1. The van der Waals surface area contributed by atoms with Crippen LogP contribution in [0.5, 0.6) is 11.5 Å². The third-order valence-corrected chi connectivity index (χ3v) is 3.67. The summed E-state index contributed by atoms with van der Waals surface area (Å²) in [5.41, 5.74) is 1.48. The summed E-state index contributed by atoms with van der Waals surface area (Å²) in [6.45, 7) is 1.11. The van der Waals surface area contributed by atoms with Gasteiger partial charge in [-0.1, -0.05) is 5.16 Å². The van der Waals surface area contributed by atoms with Gasteiger partial charge in [0.25, 0.3) is 0 Å². The van der Waals surface area contributed by atoms with Crippen molar-refractivity contribution in [1.29, 1.82) is 0 Å². The van der Waals surface area contributed by atoms with E-state index >= 15 is 0 Å². The van der Waals surface area contributed by atoms with Gasteiger partial charge in [-0.25, -0.2) is 0 Å². The Labute approximate surface area is 127 Å². The molecule has 2 heterocycles. The number of ether oxygens (including phenoxy) is 2. The van der Waals surface area contributed by atoms with Gasteiger partial charge in [0, 0.05) is 17.7 Å². The van der Waals surface area contributed by atoms with Gasteiger partial charge in [-0.05, 0) is 31.0 Å². The molecule has 2 aromatic rings. The first-order valence-corrected chi connectivity index (χ1v) is 7.43. The molecule has 0 atom stereocenters. The number of hydrogen-bond donors (Lipinski definition) is 1. The normalized spacial score (nSPS) is 16.4. The van der Waals surface area contributed by atoms with Crippen LogP contribution in [0.4, 0.5) is 0 Å². The molecule has 0 bridgehead atoms. The largest absolute Gasteiger partial charge is 0.486 e. The van der Waals surface area contributed by atoms with Crippen LogP contribution >= 0.6 is 0 Å². The van der Waals surface area contributed by atoms with Crippen molar-refractivity contribution in [2.24, 2.45) is 0 Å². The minimum Gasteiger partial charge on any atom is -0.486 e. The van der Waals surface area contributed by atoms with E-state index in [4.69, 9.17) is 14.0 Å². The zero-order valence-corrected chi connectivity index (χ0v) is 12.0. The number of carbonyl (C=O) groups is 1. The van der Waals surface area contributed by atoms with Gasteiger partial charge in [0.1, 0.15) is 13.2 Å². The second-order valence-corrected chi connectivity index (χ2v) is 5.56. The topological polar surface area (TPSA) is 73.6 Å². The Morgan fingerprint density at radius 2 is 2.00 bits per heavy atom. The molecule has 1 saturated carbocycles. The van der Waals surface area contributed by atoms with Crippen molar-refractivity contribution >= 4 is 5.91 Å². The van der Waals surface area contributed by atoms with Crippen LogP contribution in [-0.2, 0) is 11.2 Å². The van der Waals surface area contributed by atoms with Gasteiger partial charge < -0.3 is 19.3 Å². The molecule has 1 aromatic heterocycles. The van der Waals surface area contributed by atoms with E-state index in [1.807, 2.05) is 18.2 Å². The Hall–Kier alpha value is -2.50. The summed E-state index contributed by atoms with van der Waals surface area (Å²) < 4.78 is 16.4. The predicted molar refractivity (Wildman–Crippen MR) is 77.8 cm³/mol. The summed E-state index contributed by atoms with van der Waals surface area (Å²) in [5.74, 6) is 2.04. The van der Waals surface area contributed by atoms with Crippen LogP contribution in [0.3, 0.4) is 0 Å². The first kappa shape index (κ1) is 13.2. The van der Waals surface area contributed by atoms with Gasteiger partial charge in [-0.15, -0.1) is 0 Å². The van der Waals surface area contributed by atoms with Crippen LogP contribution in [0.2, 0.25) is 0 Å². The number of benzene rings is 1. The van der Waals surface area contributed by atoms with Crippen LogP contribution in [0.15, 0.2) is 28.8 Å². The van der Waals surface area contributed by atoms with Crippen molar-refractivity contribution in [2.45, 2.75) is 25.3 Å². The second kappa shape index (κ2) is 5.36. The van der Waals surface area contributed by atoms with Crippen molar-refractivity contribution in [3.05, 3.63) is 30.0 Å². The van der Waals surface area contributed by atoms with Crippen molar-refractivity contribution in [3.63, 3.8) is 0 Å². The van der Waals surface area contributed by atoms with Crippen molar-refractivity contribution in [1.82, 2.24) is 10.5 Å². The molecule has 1 aliphatic carbocycles. The Morgan fingerprint density at radius 3 is 2.82 bits per heavy atom. The van der Waals surface area contributed by atoms with Crippen molar-refractivity contribution in [2.75, 3.05) is 13.2 Å². The number of aromatic nitrogens is 1. The Morgan fingerprint density at radius 1 is 1.18 bits per heavy atom. The van der Waals surface area contributed by atoms with Crippen LogP contribution < -0.4 is 14.8 Å². The van der Waals surface area contributed by atoms with Crippen LogP contribution in [0.25, 0.3) is 11.3 Å². The quantitative estimate of drug-likeness (QED) is 0.934. The standard InChI is InChI=1S/C16H16N2O4/c19-16(17-11-2-3-11)9-12-8-14(22-18-12)10-1-4-13-15(7-10)21-6-5-20-13/h1,4,7-8,11H,2-3,5-6,9H2,(H,17,19). The van der Waals surface area contributed by atoms with Gasteiger partial charge in [0.2, 0.25) is 5.91 Å². The van der Waals surface area contributed by atoms with Crippen molar-refractivity contribution < 1.29 is 18.8 Å². The first-order valence-electron chi connectivity index (χ1n) is 7.43. The molecule has 1 fully saturated rings. The molecule has 114 valence electrons. The monoisotopic (exact) mass is 300 g/mol. The molecule has 1 amide bonds. The van der Waals surface area contributed by atoms with Crippen LogP contribution in [-0.4, -0.2) is 30.3 Å². The number of hydrogen-bond acceptors (Lipinski definition) is 5. The highest BCUT2D eigenvalue weighted by molar-refractivity contribution is 5.79. The maximum Gasteiger partial charge on any atom is 0.226 e. The van der Waals surface area contributed by atoms with Crippen LogP contribution in [0.1, 0.15) is 18.5 Å². The summed E-state index contributed by atoms with van der Waals surface area (Å²) in [7, 11) is 0. The van der Waals surface area contributed by atoms with E-state index < -0.39 is 0 Å². The van der Waals surface area contributed by atoms with Gasteiger partial charge in [0.05, 0.1) is 12.1 Å². The molecular weight excluding hydrogens is 284 g/mol. The van der Waals surface area contributed by atoms with Crippen LogP contribution in [0, 0.1) is 0 Å². The highest BCUT2D eigenvalue weighted by Crippen LogP contribution is 2.34. The van der Waals surface area contributed by atoms with Crippen molar-refractivity contribution in [3.8, 4) is 22.8 Å². The Balaban J connectivity index is 1.49. The number of rotatable bonds is 4. The molecule has 0 saturated heterocycles. The Kier molecular flexibility index (Phi) is 3.21. The zero-order chi connectivity index (χ0) is 14.9. The second-order valence-electron chi connectivity index (χ2n) is 5.56. The molecule has 4 rings (SSSR count). The average molecular weight is 300 g/mol. The van der Waals surface area contributed by atoms with E-state index in [1.54, 1.807) is 6.07 Å². The van der Waals surface area contributed by atoms with Gasteiger partial charge >= 0.3 is 0 Å². The lowest BCUT2D eigenvalue weighted by atomic mass is 10.1. The van der Waals surface area contributed by atoms with E-state index in [9.17, 15) is 4.79 Å². The molecule has 0 unspecified atom stereocenters. The molecule has 6 nitrogen and oxygen atoms in total. The third kappa shape index (κ3) is 2.77. The molecular formula is C16H16N2O4. The van der Waals surface area contributed by atoms with E-state index in [0.29, 0.717) is 36.5 Å². The average Bonchev–Trinajstić information content (AvgIpc) is 3.22. The van der Waals surface area contributed by atoms with E-state index in [-0.39, 0.29) is 12.3 Å². The lowest BCUT2D eigenvalue weighted by molar-refractivity contribution is -0.120. The number of nitrogens with zero attached hydrogens (tertiary/aromatic N) is 1. The van der Waals surface area contributed by atoms with Gasteiger partial charge in [-0.3, -0.25) is 4.79 Å². The SMILES string of the molecule is O=C(Cc1cc(-c2ccc3c(c2)OCCO3)on1)NC1CC1. The molecule has 1 aliphatic heterocycles. The summed E-state index contributed by atoms with van der Waals surface area (Å²) in [6, 6.07) is 7.76. The molecule has 1 aromatic carbocycles. The highest BCUT2D eigenvalue weighted by atomic mass is 16.6. The molecule has 0 radical (unpaired) electrons. The minimum atomic E-state index is -0.00970. The maximum absolute atomic E-state index is 11.8. The summed E-state index contributed by atoms with van der Waals surface area (Å²) in [4.78, 5) is 11.8. The first-order chi connectivity index (χ1) is 10.8. The summed E-state index contributed by atoms with van der Waals surface area (Å²) in [5, 5.41) is 6.90. The third-order valence-electron chi connectivity index (χ3n) is 3.67. The van der Waals surface area contributed by atoms with Gasteiger partial charge in [-0.2, -0.15) is 0 Å². The Bertz CT molecular complexity index is 706. The lowest BCUT2D eigenvalue weighted by Gasteiger charge is -2.18. The zero-order valence-electron chi connectivity index (χ0n) is 12.0. The smallest absolute Gasteiger partial charge is 0.226 e. The molecule has 0 spiro atoms. The summed E-state index contributed by atoms with van der Waals surface area (Å²) in [6.07, 6.45) is 2.39. The minimum absolute atomic E-state index is 0.00970. The summed E-state index contributed by atoms with van der Waals surface area (Å²) >= 11 is 0. The highest BCUT2D eigenvalue weighted by Gasteiger charge is 2.23. The number of fused-ring (bicyclic) bond motifs is 1. The molecule has 22 heavy (non-hydrogen) atoms. The predicted octanol–water partition coefficient (Wildman–Crippen LogP) is 1.93. The fourth-order valence-electron chi connectivity index (χ4n) is 2.40. The molecule has 1 N–H and O–H groups in total. The lowest BCUT2D eigenvalue weighted by Crippen LogP contribution is -2.27. The van der Waals surface area contributed by atoms with E-state index in [0.717, 1.165) is 24.2 Å². The fraction of sp³-hybridized carbons (Fsp3) is 0.375. The number of carbonyl (C=O) groups excluding carboxylic acids is 1. The molecule has 2 aliphatic rings. The van der Waals surface area contributed by atoms with Gasteiger partial charge in [0.15, 0.2) is 17.3 Å². The van der Waals surface area contributed by atoms with E-state index in [2.05, 4.69) is 10.5 Å². The van der Waals surface area contributed by atoms with E-state index in [1.165, 1.54) is 0 Å².